The maximum atomic E-state index is 14.9. The number of hydrogen-bond donors (Lipinski definition) is 2. The SMILES string of the molecule is C/C=C(/C)C(=O)N1CCC(COc2ncc(-c3cccc(COC(=O)N=C(N)N)c3F)cn2)CC1. The van der Waals surface area contributed by atoms with E-state index < -0.39 is 17.9 Å². The smallest absolute Gasteiger partial charge is 0.437 e. The molecule has 0 spiro atoms. The van der Waals surface area contributed by atoms with Crippen LogP contribution in [0.3, 0.4) is 0 Å². The predicted octanol–water partition coefficient (Wildman–Crippen LogP) is 2.78. The van der Waals surface area contributed by atoms with Gasteiger partial charge in [-0.2, -0.15) is 0 Å². The van der Waals surface area contributed by atoms with E-state index in [9.17, 15) is 14.0 Å². The minimum atomic E-state index is -1.01. The molecule has 186 valence electrons. The number of guanidine groups is 1. The second-order valence-corrected chi connectivity index (χ2v) is 8.14. The summed E-state index contributed by atoms with van der Waals surface area (Å²) in [5.74, 6) is -0.640. The number of nitrogens with zero attached hydrogens (tertiary/aromatic N) is 4. The number of aromatic nitrogens is 2. The lowest BCUT2D eigenvalue weighted by atomic mass is 9.97. The van der Waals surface area contributed by atoms with Gasteiger partial charge in [-0.1, -0.05) is 24.3 Å². The second kappa shape index (κ2) is 11.9. The van der Waals surface area contributed by atoms with Crippen LogP contribution in [0.5, 0.6) is 6.01 Å². The zero-order valence-electron chi connectivity index (χ0n) is 19.7. The highest BCUT2D eigenvalue weighted by atomic mass is 19.1. The van der Waals surface area contributed by atoms with Crippen LogP contribution in [-0.4, -0.2) is 52.5 Å². The molecule has 1 aromatic heterocycles. The lowest BCUT2D eigenvalue weighted by Crippen LogP contribution is -2.40. The van der Waals surface area contributed by atoms with Gasteiger partial charge in [-0.05, 0) is 32.6 Å². The van der Waals surface area contributed by atoms with Gasteiger partial charge in [0.25, 0.3) is 0 Å². The van der Waals surface area contributed by atoms with Crippen molar-refractivity contribution in [2.45, 2.75) is 33.3 Å². The Hall–Kier alpha value is -4.02. The van der Waals surface area contributed by atoms with Gasteiger partial charge < -0.3 is 25.8 Å². The minimum absolute atomic E-state index is 0.0778. The van der Waals surface area contributed by atoms with Crippen molar-refractivity contribution in [3.8, 4) is 17.1 Å². The van der Waals surface area contributed by atoms with E-state index in [-0.39, 0.29) is 29.7 Å². The van der Waals surface area contributed by atoms with Gasteiger partial charge >= 0.3 is 12.1 Å². The van der Waals surface area contributed by atoms with Crippen molar-refractivity contribution in [2.75, 3.05) is 19.7 Å². The van der Waals surface area contributed by atoms with Gasteiger partial charge in [0, 0.05) is 47.7 Å². The van der Waals surface area contributed by atoms with Crippen LogP contribution < -0.4 is 16.2 Å². The molecule has 11 heteroatoms. The average molecular weight is 485 g/mol. The molecule has 35 heavy (non-hydrogen) atoms. The van der Waals surface area contributed by atoms with E-state index in [1.165, 1.54) is 18.5 Å². The highest BCUT2D eigenvalue weighted by Crippen LogP contribution is 2.25. The zero-order chi connectivity index (χ0) is 25.4. The van der Waals surface area contributed by atoms with E-state index in [4.69, 9.17) is 20.9 Å². The van der Waals surface area contributed by atoms with Gasteiger partial charge in [0.1, 0.15) is 12.4 Å². The molecule has 1 saturated heterocycles. The molecule has 2 heterocycles. The van der Waals surface area contributed by atoms with Crippen LogP contribution in [0.4, 0.5) is 9.18 Å². The van der Waals surface area contributed by atoms with Gasteiger partial charge in [0.2, 0.25) is 5.91 Å². The summed E-state index contributed by atoms with van der Waals surface area (Å²) >= 11 is 0. The quantitative estimate of drug-likeness (QED) is 0.346. The molecule has 10 nitrogen and oxygen atoms in total. The third-order valence-corrected chi connectivity index (χ3v) is 5.71. The van der Waals surface area contributed by atoms with Crippen molar-refractivity contribution >= 4 is 18.0 Å². The van der Waals surface area contributed by atoms with Crippen LogP contribution in [0.25, 0.3) is 11.1 Å². The molecular weight excluding hydrogens is 455 g/mol. The number of ether oxygens (including phenoxy) is 2. The van der Waals surface area contributed by atoms with Crippen molar-refractivity contribution in [1.29, 1.82) is 0 Å². The third-order valence-electron chi connectivity index (χ3n) is 5.71. The summed E-state index contributed by atoms with van der Waals surface area (Å²) in [5, 5.41) is 0. The molecule has 1 aliphatic heterocycles. The molecule has 0 radical (unpaired) electrons. The van der Waals surface area contributed by atoms with Crippen LogP contribution >= 0.6 is 0 Å². The fraction of sp³-hybridized carbons (Fsp3) is 0.375. The molecular formula is C24H29FN6O4. The Labute approximate surface area is 202 Å². The number of aliphatic imine (C=N–C) groups is 1. The fourth-order valence-electron chi connectivity index (χ4n) is 3.59. The van der Waals surface area contributed by atoms with Crippen molar-refractivity contribution in [2.24, 2.45) is 22.4 Å². The molecule has 2 amide bonds. The lowest BCUT2D eigenvalue weighted by molar-refractivity contribution is -0.128. The largest absolute Gasteiger partial charge is 0.463 e. The summed E-state index contributed by atoms with van der Waals surface area (Å²) in [6.45, 7) is 5.16. The van der Waals surface area contributed by atoms with Crippen LogP contribution in [0.2, 0.25) is 0 Å². The monoisotopic (exact) mass is 484 g/mol. The number of piperidine rings is 1. The van der Waals surface area contributed by atoms with Crippen LogP contribution in [-0.2, 0) is 16.1 Å². The number of halogens is 1. The zero-order valence-corrected chi connectivity index (χ0v) is 19.7. The number of rotatable bonds is 7. The first-order chi connectivity index (χ1) is 16.8. The van der Waals surface area contributed by atoms with E-state index in [0.717, 1.165) is 18.4 Å². The number of carbonyl (C=O) groups excluding carboxylic acids is 2. The summed E-state index contributed by atoms with van der Waals surface area (Å²) in [5.41, 5.74) is 11.8. The predicted molar refractivity (Wildman–Crippen MR) is 128 cm³/mol. The van der Waals surface area contributed by atoms with Crippen LogP contribution in [0, 0.1) is 11.7 Å². The summed E-state index contributed by atoms with van der Waals surface area (Å²) in [4.78, 5) is 37.2. The molecule has 0 unspecified atom stereocenters. The maximum Gasteiger partial charge on any atom is 0.437 e. The van der Waals surface area contributed by atoms with Gasteiger partial charge in [-0.25, -0.2) is 19.2 Å². The van der Waals surface area contributed by atoms with Gasteiger partial charge in [0.15, 0.2) is 5.96 Å². The standard InChI is InChI=1S/C24H29FN6O4/c1-3-15(2)21(32)31-9-7-16(8-10-31)13-34-23-28-11-18(12-29-23)19-6-4-5-17(20(19)25)14-35-24(33)30-22(26)27/h3-6,11-12,16H,7-10,13-14H2,1-2H3,(H4,26,27,30,33)/b15-3-. The molecule has 3 rings (SSSR count). The highest BCUT2D eigenvalue weighted by Gasteiger charge is 2.24. The van der Waals surface area contributed by atoms with Crippen LogP contribution in [0.15, 0.2) is 47.2 Å². The number of carbonyl (C=O) groups is 2. The van der Waals surface area contributed by atoms with E-state index in [0.29, 0.717) is 31.2 Å². The lowest BCUT2D eigenvalue weighted by Gasteiger charge is -2.31. The Kier molecular flexibility index (Phi) is 8.71. The number of hydrogen-bond acceptors (Lipinski definition) is 6. The number of allylic oxidation sites excluding steroid dienone is 1. The molecule has 2 aromatic rings. The summed E-state index contributed by atoms with van der Waals surface area (Å²) in [7, 11) is 0. The van der Waals surface area contributed by atoms with Crippen molar-refractivity contribution in [3.05, 3.63) is 53.6 Å². The molecule has 1 aliphatic rings. The van der Waals surface area contributed by atoms with Crippen molar-refractivity contribution in [1.82, 2.24) is 14.9 Å². The molecule has 0 saturated carbocycles. The van der Waals surface area contributed by atoms with E-state index in [1.807, 2.05) is 24.8 Å². The highest BCUT2D eigenvalue weighted by molar-refractivity contribution is 5.92. The second-order valence-electron chi connectivity index (χ2n) is 8.14. The first-order valence-electron chi connectivity index (χ1n) is 11.2. The normalized spacial score (nSPS) is 14.4. The molecule has 0 bridgehead atoms. The van der Waals surface area contributed by atoms with Crippen LogP contribution in [0.1, 0.15) is 32.3 Å². The molecule has 4 N–H and O–H groups in total. The Balaban J connectivity index is 1.55. The molecule has 0 aliphatic carbocycles. The first-order valence-corrected chi connectivity index (χ1v) is 11.2. The number of benzene rings is 1. The van der Waals surface area contributed by atoms with E-state index in [1.54, 1.807) is 12.1 Å². The van der Waals surface area contributed by atoms with E-state index >= 15 is 0 Å². The topological polar surface area (TPSA) is 146 Å². The Morgan fingerprint density at radius 1 is 1.23 bits per heavy atom. The fourth-order valence-corrected chi connectivity index (χ4v) is 3.59. The first kappa shape index (κ1) is 25.6. The molecule has 1 aromatic carbocycles. The van der Waals surface area contributed by atoms with Crippen molar-refractivity contribution in [3.63, 3.8) is 0 Å². The minimum Gasteiger partial charge on any atom is -0.463 e. The van der Waals surface area contributed by atoms with E-state index in [2.05, 4.69) is 15.0 Å². The summed E-state index contributed by atoms with van der Waals surface area (Å²) in [6.07, 6.45) is 5.43. The number of nitrogens with two attached hydrogens (primary N) is 2. The van der Waals surface area contributed by atoms with Crippen molar-refractivity contribution < 1.29 is 23.5 Å². The molecule has 1 fully saturated rings. The summed E-state index contributed by atoms with van der Waals surface area (Å²) < 4.78 is 25.5. The Morgan fingerprint density at radius 3 is 2.54 bits per heavy atom. The third kappa shape index (κ3) is 6.98. The maximum absolute atomic E-state index is 14.9. The van der Waals surface area contributed by atoms with Gasteiger partial charge in [0.05, 0.1) is 6.61 Å². The Bertz CT molecular complexity index is 1110. The molecule has 0 atom stereocenters. The Morgan fingerprint density at radius 2 is 1.91 bits per heavy atom. The number of likely N-dealkylation sites (tertiary alicyclic amines) is 1. The summed E-state index contributed by atoms with van der Waals surface area (Å²) in [6, 6.07) is 4.88. The van der Waals surface area contributed by atoms with Gasteiger partial charge in [-0.15, -0.1) is 4.99 Å². The van der Waals surface area contributed by atoms with Gasteiger partial charge in [-0.3, -0.25) is 4.79 Å². The number of amides is 2. The average Bonchev–Trinajstić information content (AvgIpc) is 2.86.